The molecule has 1 saturated heterocycles. The minimum absolute atomic E-state index is 0.0347. The SMILES string of the molecule is CC(=O)N1c2ccc(N3CCC(NC(=O)OC(C)(C)C)CC3)cc2C(NC(=O)OCc2ccccc2)C(C)C1C. The van der Waals surface area contributed by atoms with Crippen molar-refractivity contribution in [3.63, 3.8) is 0 Å². The number of alkyl carbamates (subject to hydrolysis) is 2. The van der Waals surface area contributed by atoms with E-state index in [1.165, 1.54) is 0 Å². The normalized spacial score (nSPS) is 21.3. The van der Waals surface area contributed by atoms with Crippen LogP contribution < -0.4 is 20.4 Å². The second-order valence-electron chi connectivity index (χ2n) is 11.8. The Kier molecular flexibility index (Phi) is 8.91. The largest absolute Gasteiger partial charge is 0.445 e. The number of hydrogen-bond acceptors (Lipinski definition) is 6. The van der Waals surface area contributed by atoms with Gasteiger partial charge in [0.05, 0.1) is 6.04 Å². The number of carbonyl (C=O) groups excluding carboxylic acids is 3. The van der Waals surface area contributed by atoms with Crippen molar-refractivity contribution in [3.05, 3.63) is 59.7 Å². The number of hydrogen-bond donors (Lipinski definition) is 2. The summed E-state index contributed by atoms with van der Waals surface area (Å²) in [7, 11) is 0. The summed E-state index contributed by atoms with van der Waals surface area (Å²) in [5, 5.41) is 6.07. The summed E-state index contributed by atoms with van der Waals surface area (Å²) < 4.78 is 10.9. The Hall–Kier alpha value is -3.75. The monoisotopic (exact) mass is 550 g/mol. The van der Waals surface area contributed by atoms with Gasteiger partial charge in [-0.05, 0) is 64.3 Å². The number of amides is 3. The molecule has 4 rings (SSSR count). The molecule has 0 radical (unpaired) electrons. The fourth-order valence-corrected chi connectivity index (χ4v) is 5.54. The summed E-state index contributed by atoms with van der Waals surface area (Å²) >= 11 is 0. The standard InChI is InChI=1S/C31H42N4O5/c1-20-21(2)35(22(3)36)27-13-12-25(34-16-14-24(15-17-34)32-30(38)40-31(4,5)6)18-26(27)28(20)33-29(37)39-19-23-10-8-7-9-11-23/h7-13,18,20-21,24,28H,14-17,19H2,1-6H3,(H,32,38)(H,33,37). The van der Waals surface area contributed by atoms with Gasteiger partial charge in [-0.3, -0.25) is 4.79 Å². The molecular weight excluding hydrogens is 508 g/mol. The zero-order valence-electron chi connectivity index (χ0n) is 24.4. The molecule has 2 N–H and O–H groups in total. The van der Waals surface area contributed by atoms with Crippen molar-refractivity contribution in [2.45, 2.75) is 84.7 Å². The lowest BCUT2D eigenvalue weighted by atomic mass is 9.82. The van der Waals surface area contributed by atoms with Crippen LogP contribution in [0.25, 0.3) is 0 Å². The molecule has 9 nitrogen and oxygen atoms in total. The maximum Gasteiger partial charge on any atom is 0.407 e. The second-order valence-corrected chi connectivity index (χ2v) is 11.8. The number of nitrogens with one attached hydrogen (secondary N) is 2. The van der Waals surface area contributed by atoms with Crippen molar-refractivity contribution in [2.75, 3.05) is 22.9 Å². The molecule has 3 amide bonds. The highest BCUT2D eigenvalue weighted by molar-refractivity contribution is 5.94. The Bertz CT molecular complexity index is 1200. The zero-order valence-corrected chi connectivity index (χ0v) is 24.4. The molecule has 9 heteroatoms. The highest BCUT2D eigenvalue weighted by atomic mass is 16.6. The predicted octanol–water partition coefficient (Wildman–Crippen LogP) is 5.54. The molecule has 2 aromatic rings. The molecule has 0 spiro atoms. The zero-order chi connectivity index (χ0) is 29.0. The van der Waals surface area contributed by atoms with Crippen LogP contribution in [0.5, 0.6) is 0 Å². The van der Waals surface area contributed by atoms with Crippen LogP contribution in [0.3, 0.4) is 0 Å². The molecule has 0 saturated carbocycles. The third-order valence-electron chi connectivity index (χ3n) is 7.71. The van der Waals surface area contributed by atoms with Gasteiger partial charge in [0.15, 0.2) is 0 Å². The fraction of sp³-hybridized carbons (Fsp3) is 0.516. The number of rotatable bonds is 5. The minimum Gasteiger partial charge on any atom is -0.445 e. The second kappa shape index (κ2) is 12.2. The number of fused-ring (bicyclic) bond motifs is 1. The maximum atomic E-state index is 12.9. The molecule has 0 bridgehead atoms. The Morgan fingerprint density at radius 1 is 0.950 bits per heavy atom. The maximum absolute atomic E-state index is 12.9. The van der Waals surface area contributed by atoms with Crippen LogP contribution in [0.15, 0.2) is 48.5 Å². The van der Waals surface area contributed by atoms with E-state index in [2.05, 4.69) is 21.6 Å². The number of nitrogens with zero attached hydrogens (tertiary/aromatic N) is 2. The molecule has 2 heterocycles. The van der Waals surface area contributed by atoms with Crippen molar-refractivity contribution in [3.8, 4) is 0 Å². The Labute approximate surface area is 237 Å². The third kappa shape index (κ3) is 7.06. The van der Waals surface area contributed by atoms with Gasteiger partial charge in [0.2, 0.25) is 5.91 Å². The van der Waals surface area contributed by atoms with Gasteiger partial charge in [0, 0.05) is 55.0 Å². The Morgan fingerprint density at radius 3 is 2.25 bits per heavy atom. The van der Waals surface area contributed by atoms with Crippen molar-refractivity contribution in [1.29, 1.82) is 0 Å². The first-order valence-electron chi connectivity index (χ1n) is 14.1. The molecular formula is C31H42N4O5. The Balaban J connectivity index is 1.49. The quantitative estimate of drug-likeness (QED) is 0.507. The molecule has 2 aromatic carbocycles. The number of benzene rings is 2. The van der Waals surface area contributed by atoms with E-state index in [-0.39, 0.29) is 42.7 Å². The van der Waals surface area contributed by atoms with Crippen LogP contribution >= 0.6 is 0 Å². The number of piperidine rings is 1. The summed E-state index contributed by atoms with van der Waals surface area (Å²) in [5.74, 6) is -0.0767. The third-order valence-corrected chi connectivity index (χ3v) is 7.71. The summed E-state index contributed by atoms with van der Waals surface area (Å²) in [5.41, 5.74) is 3.09. The average Bonchev–Trinajstić information content (AvgIpc) is 2.89. The average molecular weight is 551 g/mol. The van der Waals surface area contributed by atoms with Gasteiger partial charge < -0.3 is 29.9 Å². The number of carbonyl (C=O) groups is 3. The van der Waals surface area contributed by atoms with E-state index in [1.54, 1.807) is 6.92 Å². The lowest BCUT2D eigenvalue weighted by molar-refractivity contribution is -0.117. The van der Waals surface area contributed by atoms with Crippen LogP contribution in [0.1, 0.15) is 71.6 Å². The topological polar surface area (TPSA) is 100 Å². The molecule has 216 valence electrons. The van der Waals surface area contributed by atoms with Gasteiger partial charge in [0.25, 0.3) is 0 Å². The van der Waals surface area contributed by atoms with Crippen LogP contribution in [0, 0.1) is 5.92 Å². The van der Waals surface area contributed by atoms with Gasteiger partial charge in [-0.1, -0.05) is 37.3 Å². The molecule has 0 aromatic heterocycles. The van der Waals surface area contributed by atoms with E-state index in [1.807, 2.05) is 82.0 Å². The van der Waals surface area contributed by atoms with Gasteiger partial charge in [-0.25, -0.2) is 9.59 Å². The predicted molar refractivity (Wildman–Crippen MR) is 155 cm³/mol. The fourth-order valence-electron chi connectivity index (χ4n) is 5.54. The van der Waals surface area contributed by atoms with E-state index in [4.69, 9.17) is 9.47 Å². The minimum atomic E-state index is -0.533. The lowest BCUT2D eigenvalue weighted by Gasteiger charge is -2.44. The lowest BCUT2D eigenvalue weighted by Crippen LogP contribution is -2.51. The van der Waals surface area contributed by atoms with Gasteiger partial charge in [0.1, 0.15) is 12.2 Å². The van der Waals surface area contributed by atoms with Crippen molar-refractivity contribution in [2.24, 2.45) is 5.92 Å². The van der Waals surface area contributed by atoms with E-state index in [9.17, 15) is 14.4 Å². The van der Waals surface area contributed by atoms with Crippen LogP contribution in [0.4, 0.5) is 21.0 Å². The highest BCUT2D eigenvalue weighted by Gasteiger charge is 2.39. The summed E-state index contributed by atoms with van der Waals surface area (Å²) in [6.07, 6.45) is 0.697. The smallest absolute Gasteiger partial charge is 0.407 e. The molecule has 3 unspecified atom stereocenters. The molecule has 40 heavy (non-hydrogen) atoms. The summed E-state index contributed by atoms with van der Waals surface area (Å²) in [6.45, 7) is 12.9. The molecule has 2 aliphatic heterocycles. The number of anilines is 2. The van der Waals surface area contributed by atoms with Gasteiger partial charge in [-0.15, -0.1) is 0 Å². The van der Waals surface area contributed by atoms with E-state index in [0.717, 1.165) is 48.4 Å². The van der Waals surface area contributed by atoms with Crippen LogP contribution in [-0.2, 0) is 20.9 Å². The first-order valence-corrected chi connectivity index (χ1v) is 14.1. The van der Waals surface area contributed by atoms with Gasteiger partial charge in [-0.2, -0.15) is 0 Å². The first kappa shape index (κ1) is 29.2. The van der Waals surface area contributed by atoms with Crippen molar-refractivity contribution in [1.82, 2.24) is 10.6 Å². The van der Waals surface area contributed by atoms with Crippen molar-refractivity contribution >= 4 is 29.5 Å². The first-order chi connectivity index (χ1) is 18.9. The molecule has 3 atom stereocenters. The summed E-state index contributed by atoms with van der Waals surface area (Å²) in [4.78, 5) is 41.9. The van der Waals surface area contributed by atoms with Crippen LogP contribution in [-0.4, -0.2) is 48.9 Å². The Morgan fingerprint density at radius 2 is 1.62 bits per heavy atom. The molecule has 0 aliphatic carbocycles. The molecule has 2 aliphatic rings. The van der Waals surface area contributed by atoms with Crippen LogP contribution in [0.2, 0.25) is 0 Å². The van der Waals surface area contributed by atoms with E-state index < -0.39 is 11.7 Å². The van der Waals surface area contributed by atoms with E-state index in [0.29, 0.717) is 0 Å². The van der Waals surface area contributed by atoms with E-state index >= 15 is 0 Å². The summed E-state index contributed by atoms with van der Waals surface area (Å²) in [6, 6.07) is 15.3. The highest BCUT2D eigenvalue weighted by Crippen LogP contribution is 2.42. The number of ether oxygens (including phenoxy) is 2. The van der Waals surface area contributed by atoms with Crippen molar-refractivity contribution < 1.29 is 23.9 Å². The van der Waals surface area contributed by atoms with Gasteiger partial charge >= 0.3 is 12.2 Å². The molecule has 1 fully saturated rings.